The quantitative estimate of drug-likeness (QED) is 0.837. The van der Waals surface area contributed by atoms with Crippen LogP contribution in [0.3, 0.4) is 0 Å². The molecule has 0 aliphatic heterocycles. The fourth-order valence-corrected chi connectivity index (χ4v) is 2.04. The largest absolute Gasteiger partial charge is 0.316 e. The van der Waals surface area contributed by atoms with Crippen LogP contribution in [0.4, 0.5) is 0 Å². The molecule has 0 radical (unpaired) electrons. The van der Waals surface area contributed by atoms with Crippen LogP contribution in [0.15, 0.2) is 48.5 Å². The Bertz CT molecular complexity index is 488. The third-order valence-corrected chi connectivity index (χ3v) is 2.98. The lowest BCUT2D eigenvalue weighted by molar-refractivity contribution is 0.818. The van der Waals surface area contributed by atoms with Crippen LogP contribution in [0.25, 0.3) is 11.1 Å². The summed E-state index contributed by atoms with van der Waals surface area (Å²) < 4.78 is 0. The van der Waals surface area contributed by atoms with Gasteiger partial charge in [-0.2, -0.15) is 0 Å². The van der Waals surface area contributed by atoms with Crippen molar-refractivity contribution in [3.63, 3.8) is 0 Å². The summed E-state index contributed by atoms with van der Waals surface area (Å²) in [6, 6.07) is 17.5. The molecule has 0 unspecified atom stereocenters. The Balaban J connectivity index is 2.34. The van der Waals surface area contributed by atoms with Gasteiger partial charge >= 0.3 is 0 Å². The lowest BCUT2D eigenvalue weighted by atomic mass is 10.0. The summed E-state index contributed by atoms with van der Waals surface area (Å²) in [4.78, 5) is 0. The SMILES string of the molecule is CCc1cccc(-c2cccc(CNC)c2)c1. The second kappa shape index (κ2) is 5.65. The standard InChI is InChI=1S/C16H19N/c1-3-13-6-4-8-15(10-13)16-9-5-7-14(11-16)12-17-2/h4-11,17H,3,12H2,1-2H3. The summed E-state index contributed by atoms with van der Waals surface area (Å²) in [6.07, 6.45) is 1.09. The summed E-state index contributed by atoms with van der Waals surface area (Å²) in [5.74, 6) is 0. The van der Waals surface area contributed by atoms with Gasteiger partial charge in [-0.3, -0.25) is 0 Å². The molecule has 0 heterocycles. The lowest BCUT2D eigenvalue weighted by Gasteiger charge is -2.06. The Labute approximate surface area is 103 Å². The number of nitrogens with one attached hydrogen (secondary N) is 1. The highest BCUT2D eigenvalue weighted by Gasteiger charge is 1.99. The average molecular weight is 225 g/mol. The molecule has 1 nitrogen and oxygen atoms in total. The van der Waals surface area contributed by atoms with Crippen molar-refractivity contribution >= 4 is 0 Å². The molecule has 2 aromatic carbocycles. The maximum atomic E-state index is 3.19. The molecule has 0 saturated heterocycles. The zero-order valence-electron chi connectivity index (χ0n) is 10.5. The molecule has 17 heavy (non-hydrogen) atoms. The number of hydrogen-bond acceptors (Lipinski definition) is 1. The molecule has 1 N–H and O–H groups in total. The van der Waals surface area contributed by atoms with Crippen molar-refractivity contribution in [3.8, 4) is 11.1 Å². The average Bonchev–Trinajstić information content (AvgIpc) is 2.40. The summed E-state index contributed by atoms with van der Waals surface area (Å²) in [5, 5.41) is 3.19. The van der Waals surface area contributed by atoms with Crippen LogP contribution in [-0.4, -0.2) is 7.05 Å². The van der Waals surface area contributed by atoms with E-state index in [1.165, 1.54) is 22.3 Å². The van der Waals surface area contributed by atoms with Gasteiger partial charge in [0.25, 0.3) is 0 Å². The number of benzene rings is 2. The third-order valence-electron chi connectivity index (χ3n) is 2.98. The molecule has 0 aliphatic rings. The first-order chi connectivity index (χ1) is 8.33. The van der Waals surface area contributed by atoms with E-state index in [1.807, 2.05) is 7.05 Å². The smallest absolute Gasteiger partial charge is 0.0202 e. The van der Waals surface area contributed by atoms with Gasteiger partial charge in [0.15, 0.2) is 0 Å². The summed E-state index contributed by atoms with van der Waals surface area (Å²) in [5.41, 5.74) is 5.32. The van der Waals surface area contributed by atoms with E-state index in [-0.39, 0.29) is 0 Å². The Morgan fingerprint density at radius 1 is 0.882 bits per heavy atom. The summed E-state index contributed by atoms with van der Waals surface area (Å²) in [7, 11) is 1.98. The highest BCUT2D eigenvalue weighted by Crippen LogP contribution is 2.21. The van der Waals surface area contributed by atoms with Crippen molar-refractivity contribution < 1.29 is 0 Å². The minimum absolute atomic E-state index is 0.918. The van der Waals surface area contributed by atoms with Crippen LogP contribution in [-0.2, 0) is 13.0 Å². The van der Waals surface area contributed by atoms with E-state index in [0.717, 1.165) is 13.0 Å². The molecule has 1 heteroatoms. The molecular weight excluding hydrogens is 206 g/mol. The van der Waals surface area contributed by atoms with Crippen molar-refractivity contribution in [1.82, 2.24) is 5.32 Å². The molecule has 2 rings (SSSR count). The van der Waals surface area contributed by atoms with Crippen molar-refractivity contribution in [2.75, 3.05) is 7.05 Å². The van der Waals surface area contributed by atoms with Crippen LogP contribution < -0.4 is 5.32 Å². The van der Waals surface area contributed by atoms with Crippen molar-refractivity contribution in [3.05, 3.63) is 59.7 Å². The number of rotatable bonds is 4. The fourth-order valence-electron chi connectivity index (χ4n) is 2.04. The van der Waals surface area contributed by atoms with Gasteiger partial charge in [-0.15, -0.1) is 0 Å². The molecule has 0 amide bonds. The van der Waals surface area contributed by atoms with Gasteiger partial charge in [0.1, 0.15) is 0 Å². The molecule has 0 saturated carbocycles. The van der Waals surface area contributed by atoms with E-state index in [9.17, 15) is 0 Å². The Hall–Kier alpha value is -1.60. The fraction of sp³-hybridized carbons (Fsp3) is 0.250. The molecule has 0 bridgehead atoms. The van der Waals surface area contributed by atoms with Crippen molar-refractivity contribution in [2.45, 2.75) is 19.9 Å². The van der Waals surface area contributed by atoms with E-state index in [0.29, 0.717) is 0 Å². The second-order valence-electron chi connectivity index (χ2n) is 4.28. The normalized spacial score (nSPS) is 10.5. The van der Waals surface area contributed by atoms with E-state index >= 15 is 0 Å². The minimum Gasteiger partial charge on any atom is -0.316 e. The molecular formula is C16H19N. The molecule has 88 valence electrons. The third kappa shape index (κ3) is 2.95. The first-order valence-electron chi connectivity index (χ1n) is 6.16. The van der Waals surface area contributed by atoms with Crippen LogP contribution >= 0.6 is 0 Å². The maximum Gasteiger partial charge on any atom is 0.0202 e. The van der Waals surface area contributed by atoms with Crippen LogP contribution in [0.5, 0.6) is 0 Å². The molecule has 0 fully saturated rings. The monoisotopic (exact) mass is 225 g/mol. The van der Waals surface area contributed by atoms with Crippen LogP contribution in [0.1, 0.15) is 18.1 Å². The second-order valence-corrected chi connectivity index (χ2v) is 4.28. The van der Waals surface area contributed by atoms with Gasteiger partial charge in [0, 0.05) is 6.54 Å². The van der Waals surface area contributed by atoms with Gasteiger partial charge in [-0.1, -0.05) is 49.4 Å². The topological polar surface area (TPSA) is 12.0 Å². The summed E-state index contributed by atoms with van der Waals surface area (Å²) >= 11 is 0. The van der Waals surface area contributed by atoms with Gasteiger partial charge in [0.2, 0.25) is 0 Å². The first kappa shape index (κ1) is 11.9. The van der Waals surface area contributed by atoms with E-state index in [4.69, 9.17) is 0 Å². The predicted molar refractivity (Wildman–Crippen MR) is 74.0 cm³/mol. The zero-order chi connectivity index (χ0) is 12.1. The molecule has 2 aromatic rings. The molecule has 0 spiro atoms. The Kier molecular flexibility index (Phi) is 3.94. The van der Waals surface area contributed by atoms with Gasteiger partial charge in [-0.05, 0) is 41.8 Å². The van der Waals surface area contributed by atoms with Crippen molar-refractivity contribution in [2.24, 2.45) is 0 Å². The minimum atomic E-state index is 0.918. The zero-order valence-corrected chi connectivity index (χ0v) is 10.5. The van der Waals surface area contributed by atoms with Crippen molar-refractivity contribution in [1.29, 1.82) is 0 Å². The van der Waals surface area contributed by atoms with E-state index in [1.54, 1.807) is 0 Å². The number of aryl methyl sites for hydroxylation is 1. The first-order valence-corrected chi connectivity index (χ1v) is 6.16. The Morgan fingerprint density at radius 2 is 1.47 bits per heavy atom. The van der Waals surface area contributed by atoms with E-state index in [2.05, 4.69) is 60.8 Å². The highest BCUT2D eigenvalue weighted by molar-refractivity contribution is 5.64. The number of hydrogen-bond donors (Lipinski definition) is 1. The molecule has 0 aromatic heterocycles. The molecule has 0 aliphatic carbocycles. The van der Waals surface area contributed by atoms with Gasteiger partial charge in [-0.25, -0.2) is 0 Å². The highest BCUT2D eigenvalue weighted by atomic mass is 14.8. The van der Waals surface area contributed by atoms with Crippen LogP contribution in [0, 0.1) is 0 Å². The van der Waals surface area contributed by atoms with Gasteiger partial charge in [0.05, 0.1) is 0 Å². The summed E-state index contributed by atoms with van der Waals surface area (Å²) in [6.45, 7) is 3.11. The van der Waals surface area contributed by atoms with Gasteiger partial charge < -0.3 is 5.32 Å². The maximum absolute atomic E-state index is 3.19. The Morgan fingerprint density at radius 3 is 2.06 bits per heavy atom. The predicted octanol–water partition coefficient (Wildman–Crippen LogP) is 3.64. The lowest BCUT2D eigenvalue weighted by Crippen LogP contribution is -2.04. The van der Waals surface area contributed by atoms with E-state index < -0.39 is 0 Å². The molecule has 0 atom stereocenters. The van der Waals surface area contributed by atoms with Crippen LogP contribution in [0.2, 0.25) is 0 Å².